The van der Waals surface area contributed by atoms with Crippen molar-refractivity contribution in [3.8, 4) is 0 Å². The van der Waals surface area contributed by atoms with E-state index in [4.69, 9.17) is 4.42 Å². The minimum absolute atomic E-state index is 0.0364. The van der Waals surface area contributed by atoms with Crippen LogP contribution in [0.4, 0.5) is 5.69 Å². The molecule has 0 atom stereocenters. The molecule has 2 N–H and O–H groups in total. The number of carbonyl (C=O) groups excluding carboxylic acids is 2. The third-order valence-corrected chi connectivity index (χ3v) is 4.29. The maximum Gasteiger partial charge on any atom is 0.274 e. The van der Waals surface area contributed by atoms with Crippen molar-refractivity contribution >= 4 is 28.5 Å². The molecule has 3 aromatic heterocycles. The molecule has 0 aliphatic rings. The molecule has 4 aromatic rings. The van der Waals surface area contributed by atoms with Crippen LogP contribution in [-0.4, -0.2) is 36.6 Å². The summed E-state index contributed by atoms with van der Waals surface area (Å²) in [5, 5.41) is 17.8. The molecule has 10 nitrogen and oxygen atoms in total. The van der Waals surface area contributed by atoms with Crippen molar-refractivity contribution in [2.24, 2.45) is 0 Å². The summed E-state index contributed by atoms with van der Waals surface area (Å²) in [7, 11) is 0. The Morgan fingerprint density at radius 3 is 2.83 bits per heavy atom. The first-order valence-corrected chi connectivity index (χ1v) is 9.10. The van der Waals surface area contributed by atoms with Gasteiger partial charge in [-0.2, -0.15) is 5.10 Å². The van der Waals surface area contributed by atoms with Gasteiger partial charge in [0.25, 0.3) is 5.91 Å². The summed E-state index contributed by atoms with van der Waals surface area (Å²) in [6.45, 7) is 2.64. The van der Waals surface area contributed by atoms with Crippen LogP contribution in [0, 0.1) is 0 Å². The fraction of sp³-hybridized carbons (Fsp3) is 0.211. The number of fused-ring (bicyclic) bond motifs is 1. The van der Waals surface area contributed by atoms with E-state index in [0.29, 0.717) is 23.5 Å². The van der Waals surface area contributed by atoms with E-state index >= 15 is 0 Å². The zero-order chi connectivity index (χ0) is 20.2. The van der Waals surface area contributed by atoms with Crippen LogP contribution >= 0.6 is 0 Å². The number of carbonyl (C=O) groups is 2. The minimum atomic E-state index is -0.407. The maximum absolute atomic E-state index is 12.6. The average Bonchev–Trinajstić information content (AvgIpc) is 3.46. The molecule has 1 aromatic carbocycles. The van der Waals surface area contributed by atoms with E-state index in [1.165, 1.54) is 10.9 Å². The summed E-state index contributed by atoms with van der Waals surface area (Å²) in [6, 6.07) is 10.9. The zero-order valence-electron chi connectivity index (χ0n) is 15.7. The monoisotopic (exact) mass is 393 g/mol. The van der Waals surface area contributed by atoms with Crippen molar-refractivity contribution in [2.45, 2.75) is 26.6 Å². The largest absolute Gasteiger partial charge is 0.467 e. The molecule has 0 spiro atoms. The summed E-state index contributed by atoms with van der Waals surface area (Å²) in [6.07, 6.45) is 3.16. The van der Waals surface area contributed by atoms with E-state index in [-0.39, 0.29) is 24.7 Å². The first kappa shape index (κ1) is 18.4. The summed E-state index contributed by atoms with van der Waals surface area (Å²) in [4.78, 5) is 25.1. The molecular formula is C19H19N7O3. The molecule has 0 aliphatic carbocycles. The van der Waals surface area contributed by atoms with Gasteiger partial charge < -0.3 is 15.1 Å². The highest BCUT2D eigenvalue weighted by Crippen LogP contribution is 2.15. The van der Waals surface area contributed by atoms with Gasteiger partial charge >= 0.3 is 0 Å². The van der Waals surface area contributed by atoms with Crippen molar-refractivity contribution in [2.75, 3.05) is 5.32 Å². The van der Waals surface area contributed by atoms with Crippen molar-refractivity contribution in [1.82, 2.24) is 30.1 Å². The van der Waals surface area contributed by atoms with E-state index in [1.54, 1.807) is 23.0 Å². The van der Waals surface area contributed by atoms with Gasteiger partial charge in [0, 0.05) is 12.7 Å². The van der Waals surface area contributed by atoms with E-state index in [1.807, 2.05) is 31.2 Å². The van der Waals surface area contributed by atoms with Crippen LogP contribution in [0.25, 0.3) is 11.0 Å². The van der Waals surface area contributed by atoms with Gasteiger partial charge in [0.05, 0.1) is 24.0 Å². The van der Waals surface area contributed by atoms with Crippen molar-refractivity contribution in [1.29, 1.82) is 0 Å². The Kier molecular flexibility index (Phi) is 5.06. The van der Waals surface area contributed by atoms with E-state index in [0.717, 1.165) is 5.52 Å². The number of nitrogens with zero attached hydrogens (tertiary/aromatic N) is 5. The smallest absolute Gasteiger partial charge is 0.274 e. The van der Waals surface area contributed by atoms with Crippen LogP contribution in [0.1, 0.15) is 23.2 Å². The van der Waals surface area contributed by atoms with Crippen LogP contribution in [0.2, 0.25) is 0 Å². The fourth-order valence-corrected chi connectivity index (χ4v) is 2.87. The second-order valence-electron chi connectivity index (χ2n) is 6.29. The quantitative estimate of drug-likeness (QED) is 0.494. The lowest BCUT2D eigenvalue weighted by Gasteiger charge is -2.06. The number of anilines is 1. The van der Waals surface area contributed by atoms with Gasteiger partial charge in [-0.25, -0.2) is 4.68 Å². The highest BCUT2D eigenvalue weighted by Gasteiger charge is 2.19. The Balaban J connectivity index is 1.48. The molecule has 29 heavy (non-hydrogen) atoms. The highest BCUT2D eigenvalue weighted by atomic mass is 16.3. The minimum Gasteiger partial charge on any atom is -0.467 e. The molecular weight excluding hydrogens is 374 g/mol. The number of para-hydroxylation sites is 1. The molecule has 0 bridgehead atoms. The number of benzene rings is 1. The topological polar surface area (TPSA) is 120 Å². The molecule has 0 aliphatic heterocycles. The fourth-order valence-electron chi connectivity index (χ4n) is 2.87. The zero-order valence-corrected chi connectivity index (χ0v) is 15.7. The van der Waals surface area contributed by atoms with Gasteiger partial charge in [-0.15, -0.1) is 5.10 Å². The summed E-state index contributed by atoms with van der Waals surface area (Å²) in [5.74, 6) is -0.122. The van der Waals surface area contributed by atoms with Gasteiger partial charge in [0.2, 0.25) is 5.91 Å². The van der Waals surface area contributed by atoms with E-state index in [2.05, 4.69) is 26.0 Å². The number of amides is 2. The summed E-state index contributed by atoms with van der Waals surface area (Å²) >= 11 is 0. The lowest BCUT2D eigenvalue weighted by atomic mass is 10.3. The molecule has 0 fully saturated rings. The van der Waals surface area contributed by atoms with Crippen LogP contribution < -0.4 is 10.6 Å². The van der Waals surface area contributed by atoms with Gasteiger partial charge in [0.15, 0.2) is 5.69 Å². The number of hydrogen-bond acceptors (Lipinski definition) is 6. The lowest BCUT2D eigenvalue weighted by Crippen LogP contribution is -2.26. The normalized spacial score (nSPS) is 10.9. The molecule has 4 rings (SSSR count). The highest BCUT2D eigenvalue weighted by molar-refractivity contribution is 6.02. The van der Waals surface area contributed by atoms with Gasteiger partial charge in [-0.1, -0.05) is 17.3 Å². The molecule has 0 saturated carbocycles. The number of aryl methyl sites for hydroxylation is 1. The molecule has 0 saturated heterocycles. The molecule has 3 heterocycles. The van der Waals surface area contributed by atoms with Crippen LogP contribution in [0.3, 0.4) is 0 Å². The van der Waals surface area contributed by atoms with Gasteiger partial charge in [-0.05, 0) is 31.2 Å². The maximum atomic E-state index is 12.6. The number of furan rings is 1. The molecule has 0 unspecified atom stereocenters. The second-order valence-corrected chi connectivity index (χ2v) is 6.29. The van der Waals surface area contributed by atoms with E-state index < -0.39 is 5.91 Å². The average molecular weight is 393 g/mol. The third-order valence-electron chi connectivity index (χ3n) is 4.29. The Morgan fingerprint density at radius 1 is 1.17 bits per heavy atom. The number of nitrogens with one attached hydrogen (secondary N) is 2. The Hall–Kier alpha value is -3.95. The van der Waals surface area contributed by atoms with Crippen molar-refractivity contribution < 1.29 is 14.0 Å². The molecule has 148 valence electrons. The number of rotatable bonds is 7. The number of aromatic nitrogens is 5. The van der Waals surface area contributed by atoms with Gasteiger partial charge in [-0.3, -0.25) is 14.3 Å². The van der Waals surface area contributed by atoms with Crippen molar-refractivity contribution in [3.05, 3.63) is 60.3 Å². The van der Waals surface area contributed by atoms with Crippen molar-refractivity contribution in [3.63, 3.8) is 0 Å². The molecule has 0 radical (unpaired) electrons. The van der Waals surface area contributed by atoms with Gasteiger partial charge in [0.1, 0.15) is 17.8 Å². The van der Waals surface area contributed by atoms with Crippen LogP contribution in [0.5, 0.6) is 0 Å². The Morgan fingerprint density at radius 2 is 2.03 bits per heavy atom. The standard InChI is InChI=1S/C19H19N7O3/c1-2-25-11-15(18(23-25)19(28)20-10-13-6-5-9-29-13)21-17(27)12-26-16-8-4-3-7-14(16)22-24-26/h3-9,11H,2,10,12H2,1H3,(H,20,28)(H,21,27). The molecule has 10 heteroatoms. The predicted octanol–water partition coefficient (Wildman–Crippen LogP) is 1.81. The third kappa shape index (κ3) is 4.00. The second kappa shape index (κ2) is 7.97. The summed E-state index contributed by atoms with van der Waals surface area (Å²) in [5.41, 5.74) is 1.92. The Labute approximate surface area is 165 Å². The first-order valence-electron chi connectivity index (χ1n) is 9.10. The Bertz CT molecular complexity index is 1140. The first-order chi connectivity index (χ1) is 14.1. The van der Waals surface area contributed by atoms with Crippen LogP contribution in [-0.2, 0) is 24.4 Å². The summed E-state index contributed by atoms with van der Waals surface area (Å²) < 4.78 is 8.30. The lowest BCUT2D eigenvalue weighted by molar-refractivity contribution is -0.116. The van der Waals surface area contributed by atoms with E-state index in [9.17, 15) is 9.59 Å². The molecule has 2 amide bonds. The van der Waals surface area contributed by atoms with Crippen LogP contribution in [0.15, 0.2) is 53.3 Å². The SMILES string of the molecule is CCn1cc(NC(=O)Cn2nnc3ccccc32)c(C(=O)NCc2ccco2)n1. The predicted molar refractivity (Wildman–Crippen MR) is 104 cm³/mol. The number of hydrogen-bond donors (Lipinski definition) is 2.